The maximum Gasteiger partial charge on any atom is 0.336 e. The van der Waals surface area contributed by atoms with Crippen LogP contribution in [0.3, 0.4) is 0 Å². The SMILES string of the molecule is CCC/C=C/C=C/C(=O)Oc1ccc(C2CCC(CCCCCCC)CC2)cc1. The van der Waals surface area contributed by atoms with Crippen molar-refractivity contribution in [3.8, 4) is 5.75 Å². The lowest BCUT2D eigenvalue weighted by Gasteiger charge is -2.29. The Labute approximate surface area is 178 Å². The smallest absolute Gasteiger partial charge is 0.336 e. The number of esters is 1. The van der Waals surface area contributed by atoms with Gasteiger partial charge in [0, 0.05) is 6.08 Å². The van der Waals surface area contributed by atoms with Gasteiger partial charge in [0.05, 0.1) is 0 Å². The molecule has 0 amide bonds. The summed E-state index contributed by atoms with van der Waals surface area (Å²) in [5.74, 6) is 1.91. The fourth-order valence-corrected chi connectivity index (χ4v) is 4.25. The molecule has 2 rings (SSSR count). The van der Waals surface area contributed by atoms with Crippen molar-refractivity contribution in [1.82, 2.24) is 0 Å². The molecule has 0 atom stereocenters. The van der Waals surface area contributed by atoms with Gasteiger partial charge >= 0.3 is 5.97 Å². The Balaban J connectivity index is 1.70. The minimum absolute atomic E-state index is 0.321. The number of benzene rings is 1. The Morgan fingerprint density at radius 3 is 2.34 bits per heavy atom. The summed E-state index contributed by atoms with van der Waals surface area (Å²) in [6, 6.07) is 8.16. The van der Waals surface area contributed by atoms with Crippen LogP contribution in [-0.2, 0) is 4.79 Å². The molecule has 0 saturated heterocycles. The number of ether oxygens (including phenoxy) is 1. The molecule has 29 heavy (non-hydrogen) atoms. The van der Waals surface area contributed by atoms with Gasteiger partial charge in [0.2, 0.25) is 0 Å². The van der Waals surface area contributed by atoms with Crippen molar-refractivity contribution in [2.75, 3.05) is 0 Å². The first-order valence-corrected chi connectivity index (χ1v) is 11.9. The van der Waals surface area contributed by atoms with Gasteiger partial charge in [0.25, 0.3) is 0 Å². The number of hydrogen-bond acceptors (Lipinski definition) is 2. The van der Waals surface area contributed by atoms with Gasteiger partial charge in [-0.15, -0.1) is 0 Å². The summed E-state index contributed by atoms with van der Waals surface area (Å²) < 4.78 is 5.39. The highest BCUT2D eigenvalue weighted by molar-refractivity contribution is 5.84. The minimum Gasteiger partial charge on any atom is -0.423 e. The summed E-state index contributed by atoms with van der Waals surface area (Å²) in [5, 5.41) is 0. The van der Waals surface area contributed by atoms with Crippen molar-refractivity contribution >= 4 is 5.97 Å². The molecule has 0 aromatic heterocycles. The molecule has 2 heteroatoms. The largest absolute Gasteiger partial charge is 0.423 e. The van der Waals surface area contributed by atoms with Crippen molar-refractivity contribution in [3.05, 3.63) is 54.1 Å². The van der Waals surface area contributed by atoms with E-state index in [4.69, 9.17) is 4.74 Å². The molecule has 1 aliphatic carbocycles. The average molecular weight is 397 g/mol. The maximum atomic E-state index is 11.9. The first kappa shape index (κ1) is 23.4. The monoisotopic (exact) mass is 396 g/mol. The molecular weight excluding hydrogens is 356 g/mol. The van der Waals surface area contributed by atoms with E-state index in [9.17, 15) is 4.79 Å². The molecule has 0 bridgehead atoms. The van der Waals surface area contributed by atoms with Crippen molar-refractivity contribution in [3.63, 3.8) is 0 Å². The number of unbranched alkanes of at least 4 members (excludes halogenated alkanes) is 5. The highest BCUT2D eigenvalue weighted by Gasteiger charge is 2.22. The van der Waals surface area contributed by atoms with E-state index in [0.29, 0.717) is 11.7 Å². The normalized spacial score (nSPS) is 19.8. The molecule has 160 valence electrons. The number of carbonyl (C=O) groups is 1. The van der Waals surface area contributed by atoms with E-state index in [1.54, 1.807) is 6.08 Å². The molecule has 1 fully saturated rings. The lowest BCUT2D eigenvalue weighted by atomic mass is 9.77. The Bertz CT molecular complexity index is 618. The Kier molecular flexibility index (Phi) is 11.5. The fraction of sp³-hybridized carbons (Fsp3) is 0.593. The molecule has 0 spiro atoms. The molecule has 0 heterocycles. The number of rotatable bonds is 12. The Hall–Kier alpha value is -1.83. The van der Waals surface area contributed by atoms with Crippen LogP contribution in [0, 0.1) is 5.92 Å². The summed E-state index contributed by atoms with van der Waals surface area (Å²) in [7, 11) is 0. The molecule has 0 radical (unpaired) electrons. The van der Waals surface area contributed by atoms with Gasteiger partial charge in [-0.05, 0) is 61.6 Å². The Morgan fingerprint density at radius 2 is 1.66 bits per heavy atom. The maximum absolute atomic E-state index is 11.9. The van der Waals surface area contributed by atoms with Crippen molar-refractivity contribution < 1.29 is 9.53 Å². The second-order valence-corrected chi connectivity index (χ2v) is 8.49. The predicted molar refractivity (Wildman–Crippen MR) is 123 cm³/mol. The number of allylic oxidation sites excluding steroid dienone is 3. The van der Waals surface area contributed by atoms with Crippen LogP contribution in [0.5, 0.6) is 5.75 Å². The highest BCUT2D eigenvalue weighted by atomic mass is 16.5. The predicted octanol–water partition coefficient (Wildman–Crippen LogP) is 8.14. The molecule has 0 N–H and O–H groups in total. The summed E-state index contributed by atoms with van der Waals surface area (Å²) in [6.07, 6.45) is 23.0. The van der Waals surface area contributed by atoms with Gasteiger partial charge in [0.15, 0.2) is 0 Å². The quantitative estimate of drug-likeness (QED) is 0.117. The van der Waals surface area contributed by atoms with Crippen molar-refractivity contribution in [1.29, 1.82) is 0 Å². The molecule has 1 aromatic carbocycles. The van der Waals surface area contributed by atoms with Crippen LogP contribution in [0.1, 0.15) is 102 Å². The van der Waals surface area contributed by atoms with E-state index in [1.165, 1.54) is 75.8 Å². The second kappa shape index (κ2) is 14.2. The molecule has 1 saturated carbocycles. The van der Waals surface area contributed by atoms with E-state index in [-0.39, 0.29) is 5.97 Å². The van der Waals surface area contributed by atoms with Crippen LogP contribution in [0.15, 0.2) is 48.6 Å². The summed E-state index contributed by atoms with van der Waals surface area (Å²) in [5.41, 5.74) is 1.39. The number of hydrogen-bond donors (Lipinski definition) is 0. The van der Waals surface area contributed by atoms with Crippen LogP contribution in [0.4, 0.5) is 0 Å². The minimum atomic E-state index is -0.321. The average Bonchev–Trinajstić information content (AvgIpc) is 2.74. The van der Waals surface area contributed by atoms with Gasteiger partial charge in [-0.2, -0.15) is 0 Å². The third-order valence-electron chi connectivity index (χ3n) is 6.07. The second-order valence-electron chi connectivity index (χ2n) is 8.49. The van der Waals surface area contributed by atoms with Crippen molar-refractivity contribution in [2.45, 2.75) is 96.8 Å². The lowest BCUT2D eigenvalue weighted by molar-refractivity contribution is -0.128. The molecule has 1 aliphatic rings. The van der Waals surface area contributed by atoms with Crippen LogP contribution < -0.4 is 4.74 Å². The van der Waals surface area contributed by atoms with Gasteiger partial charge in [-0.3, -0.25) is 0 Å². The lowest BCUT2D eigenvalue weighted by Crippen LogP contribution is -2.13. The van der Waals surface area contributed by atoms with Crippen LogP contribution in [-0.4, -0.2) is 5.97 Å². The zero-order valence-electron chi connectivity index (χ0n) is 18.6. The third-order valence-corrected chi connectivity index (χ3v) is 6.07. The van der Waals surface area contributed by atoms with Gasteiger partial charge in [-0.25, -0.2) is 4.79 Å². The number of carbonyl (C=O) groups excluding carboxylic acids is 1. The molecule has 2 nitrogen and oxygen atoms in total. The van der Waals surface area contributed by atoms with Gasteiger partial charge in [-0.1, -0.05) is 89.2 Å². The first-order valence-electron chi connectivity index (χ1n) is 11.9. The standard InChI is InChI=1S/C27H40O2/c1-3-5-7-9-11-13-23-15-17-24(18-16-23)25-19-21-26(22-20-25)29-27(28)14-12-10-8-6-4-2/h8,10,12,14,19-24H,3-7,9,11,13,15-18H2,1-2H3/b10-8+,14-12+. The van der Waals surface area contributed by atoms with E-state index in [1.807, 2.05) is 18.2 Å². The molecule has 0 aliphatic heterocycles. The van der Waals surface area contributed by atoms with E-state index in [0.717, 1.165) is 18.8 Å². The zero-order valence-corrected chi connectivity index (χ0v) is 18.6. The molecule has 0 unspecified atom stereocenters. The highest BCUT2D eigenvalue weighted by Crippen LogP contribution is 2.38. The van der Waals surface area contributed by atoms with Gasteiger partial charge < -0.3 is 4.74 Å². The van der Waals surface area contributed by atoms with E-state index >= 15 is 0 Å². The van der Waals surface area contributed by atoms with Crippen molar-refractivity contribution in [2.24, 2.45) is 5.92 Å². The van der Waals surface area contributed by atoms with E-state index in [2.05, 4.69) is 32.1 Å². The molecular formula is C27H40O2. The van der Waals surface area contributed by atoms with Crippen LogP contribution in [0.2, 0.25) is 0 Å². The Morgan fingerprint density at radius 1 is 0.931 bits per heavy atom. The van der Waals surface area contributed by atoms with Crippen LogP contribution >= 0.6 is 0 Å². The summed E-state index contributed by atoms with van der Waals surface area (Å²) in [6.45, 7) is 4.41. The third kappa shape index (κ3) is 9.47. The van der Waals surface area contributed by atoms with Gasteiger partial charge in [0.1, 0.15) is 5.75 Å². The fourth-order valence-electron chi connectivity index (χ4n) is 4.25. The zero-order chi connectivity index (χ0) is 20.7. The van der Waals surface area contributed by atoms with E-state index < -0.39 is 0 Å². The summed E-state index contributed by atoms with van der Waals surface area (Å²) in [4.78, 5) is 11.9. The first-order chi connectivity index (χ1) is 14.2. The molecule has 1 aromatic rings. The summed E-state index contributed by atoms with van der Waals surface area (Å²) >= 11 is 0. The van der Waals surface area contributed by atoms with Crippen LogP contribution in [0.25, 0.3) is 0 Å². The topological polar surface area (TPSA) is 26.3 Å².